The van der Waals surface area contributed by atoms with Crippen LogP contribution in [0.25, 0.3) is 0 Å². The van der Waals surface area contributed by atoms with E-state index in [1.807, 2.05) is 0 Å². The Morgan fingerprint density at radius 3 is 1.40 bits per heavy atom. The Labute approximate surface area is 118 Å². The number of hydrogen-bond donors (Lipinski definition) is 2. The number of benzene rings is 2. The highest BCUT2D eigenvalue weighted by atomic mass is 16.2. The first-order valence-corrected chi connectivity index (χ1v) is 5.92. The molecule has 2 aromatic rings. The zero-order valence-corrected chi connectivity index (χ0v) is 10.7. The molecule has 0 atom stereocenters. The van der Waals surface area contributed by atoms with Crippen molar-refractivity contribution >= 4 is 17.4 Å². The minimum Gasteiger partial charge on any atom is -0.308 e. The van der Waals surface area contributed by atoms with Gasteiger partial charge < -0.3 is 10.6 Å². The number of amides is 2. The topological polar surface area (TPSA) is 41.1 Å². The minimum atomic E-state index is -0.327. The standard InChI is InChI=1S/C17H12N2O/c1-3-13-5-9-15(10-6-13)18-17(20)19-16-11-7-14(4-2)8-12-16/h1-2,5-12H,(H2,18,19,20). The third kappa shape index (κ3) is 3.41. The Kier molecular flexibility index (Phi) is 4.07. The highest BCUT2D eigenvalue weighted by Gasteiger charge is 2.02. The van der Waals surface area contributed by atoms with E-state index in [1.54, 1.807) is 48.5 Å². The number of terminal acetylenes is 2. The summed E-state index contributed by atoms with van der Waals surface area (Å²) in [5.41, 5.74) is 2.87. The largest absolute Gasteiger partial charge is 0.323 e. The van der Waals surface area contributed by atoms with Crippen molar-refractivity contribution in [3.63, 3.8) is 0 Å². The molecular formula is C17H12N2O. The molecule has 20 heavy (non-hydrogen) atoms. The van der Waals surface area contributed by atoms with Crippen molar-refractivity contribution in [3.05, 3.63) is 59.7 Å². The summed E-state index contributed by atoms with van der Waals surface area (Å²) in [6, 6.07) is 13.7. The van der Waals surface area contributed by atoms with Crippen molar-refractivity contribution in [2.75, 3.05) is 10.6 Å². The quantitative estimate of drug-likeness (QED) is 0.799. The molecule has 2 N–H and O–H groups in total. The van der Waals surface area contributed by atoms with Crippen LogP contribution in [0.4, 0.5) is 16.2 Å². The Morgan fingerprint density at radius 2 is 1.10 bits per heavy atom. The molecule has 0 aromatic heterocycles. The Bertz CT molecular complexity index is 624. The van der Waals surface area contributed by atoms with E-state index in [4.69, 9.17) is 12.8 Å². The second-order valence-corrected chi connectivity index (χ2v) is 4.02. The van der Waals surface area contributed by atoms with Gasteiger partial charge in [-0.1, -0.05) is 11.8 Å². The zero-order chi connectivity index (χ0) is 14.4. The van der Waals surface area contributed by atoms with Crippen LogP contribution in [-0.4, -0.2) is 6.03 Å². The summed E-state index contributed by atoms with van der Waals surface area (Å²) in [5, 5.41) is 5.42. The van der Waals surface area contributed by atoms with E-state index in [1.165, 1.54) is 0 Å². The maximum Gasteiger partial charge on any atom is 0.323 e. The van der Waals surface area contributed by atoms with Crippen LogP contribution in [0.2, 0.25) is 0 Å². The van der Waals surface area contributed by atoms with E-state index in [-0.39, 0.29) is 6.03 Å². The highest BCUT2D eigenvalue weighted by Crippen LogP contribution is 2.11. The molecule has 3 nitrogen and oxygen atoms in total. The van der Waals surface area contributed by atoms with Crippen LogP contribution in [0.15, 0.2) is 48.5 Å². The summed E-state index contributed by atoms with van der Waals surface area (Å²) in [5.74, 6) is 5.03. The first kappa shape index (κ1) is 13.3. The van der Waals surface area contributed by atoms with Gasteiger partial charge in [0.25, 0.3) is 0 Å². The monoisotopic (exact) mass is 260 g/mol. The molecule has 0 saturated heterocycles. The maximum absolute atomic E-state index is 11.8. The second-order valence-electron chi connectivity index (χ2n) is 4.02. The van der Waals surface area contributed by atoms with Crippen molar-refractivity contribution in [2.45, 2.75) is 0 Å². The molecule has 0 unspecified atom stereocenters. The molecule has 0 aliphatic carbocycles. The molecular weight excluding hydrogens is 248 g/mol. The number of hydrogen-bond acceptors (Lipinski definition) is 1. The van der Waals surface area contributed by atoms with Gasteiger partial charge in [-0.25, -0.2) is 4.79 Å². The maximum atomic E-state index is 11.8. The Hall–Kier alpha value is -3.17. The molecule has 0 saturated carbocycles. The molecule has 2 amide bonds. The molecule has 2 rings (SSSR count). The zero-order valence-electron chi connectivity index (χ0n) is 10.7. The van der Waals surface area contributed by atoms with Gasteiger partial charge in [-0.15, -0.1) is 12.8 Å². The molecule has 0 aliphatic heterocycles. The summed E-state index contributed by atoms with van der Waals surface area (Å²) in [6.45, 7) is 0. The van der Waals surface area contributed by atoms with E-state index >= 15 is 0 Å². The average Bonchev–Trinajstić information content (AvgIpc) is 2.49. The lowest BCUT2D eigenvalue weighted by Crippen LogP contribution is -2.19. The predicted octanol–water partition coefficient (Wildman–Crippen LogP) is 3.29. The third-order valence-electron chi connectivity index (χ3n) is 2.62. The molecule has 0 radical (unpaired) electrons. The van der Waals surface area contributed by atoms with Gasteiger partial charge in [0, 0.05) is 22.5 Å². The normalized spacial score (nSPS) is 9.10. The number of anilines is 2. The number of nitrogens with one attached hydrogen (secondary N) is 2. The molecule has 0 spiro atoms. The molecule has 2 aromatic carbocycles. The van der Waals surface area contributed by atoms with Gasteiger partial charge in [0.15, 0.2) is 0 Å². The summed E-state index contributed by atoms with van der Waals surface area (Å²) in [6.07, 6.45) is 10.5. The van der Waals surface area contributed by atoms with Crippen LogP contribution >= 0.6 is 0 Å². The third-order valence-corrected chi connectivity index (χ3v) is 2.62. The summed E-state index contributed by atoms with van der Waals surface area (Å²) < 4.78 is 0. The lowest BCUT2D eigenvalue weighted by Gasteiger charge is -2.07. The van der Waals surface area contributed by atoms with Crippen LogP contribution in [0.1, 0.15) is 11.1 Å². The number of carbonyl (C=O) groups excluding carboxylic acids is 1. The van der Waals surface area contributed by atoms with E-state index in [0.29, 0.717) is 11.4 Å². The molecule has 96 valence electrons. The van der Waals surface area contributed by atoms with Crippen LogP contribution in [-0.2, 0) is 0 Å². The van der Waals surface area contributed by atoms with Crippen LogP contribution in [0.5, 0.6) is 0 Å². The fraction of sp³-hybridized carbons (Fsp3) is 0. The lowest BCUT2D eigenvalue weighted by atomic mass is 10.2. The van der Waals surface area contributed by atoms with Crippen molar-refractivity contribution in [1.82, 2.24) is 0 Å². The fourth-order valence-corrected chi connectivity index (χ4v) is 1.59. The fourth-order valence-electron chi connectivity index (χ4n) is 1.59. The SMILES string of the molecule is C#Cc1ccc(NC(=O)Nc2ccc(C#C)cc2)cc1. The number of rotatable bonds is 2. The average molecular weight is 260 g/mol. The van der Waals surface area contributed by atoms with Crippen LogP contribution in [0, 0.1) is 24.7 Å². The molecule has 0 bridgehead atoms. The molecule has 0 aliphatic rings. The first-order valence-electron chi connectivity index (χ1n) is 5.92. The van der Waals surface area contributed by atoms with Gasteiger partial charge in [0.05, 0.1) is 0 Å². The molecule has 0 heterocycles. The highest BCUT2D eigenvalue weighted by molar-refractivity contribution is 5.99. The van der Waals surface area contributed by atoms with Crippen molar-refractivity contribution in [3.8, 4) is 24.7 Å². The summed E-state index contributed by atoms with van der Waals surface area (Å²) in [4.78, 5) is 11.8. The van der Waals surface area contributed by atoms with Crippen LogP contribution in [0.3, 0.4) is 0 Å². The predicted molar refractivity (Wildman–Crippen MR) is 81.4 cm³/mol. The van der Waals surface area contributed by atoms with E-state index in [9.17, 15) is 4.79 Å². The first-order chi connectivity index (χ1) is 9.71. The van der Waals surface area contributed by atoms with Gasteiger partial charge in [-0.05, 0) is 48.5 Å². The van der Waals surface area contributed by atoms with Gasteiger partial charge >= 0.3 is 6.03 Å². The summed E-state index contributed by atoms with van der Waals surface area (Å²) in [7, 11) is 0. The molecule has 3 heteroatoms. The number of carbonyl (C=O) groups is 1. The number of urea groups is 1. The van der Waals surface area contributed by atoms with Crippen molar-refractivity contribution in [1.29, 1.82) is 0 Å². The van der Waals surface area contributed by atoms with Gasteiger partial charge in [-0.2, -0.15) is 0 Å². The smallest absolute Gasteiger partial charge is 0.308 e. The van der Waals surface area contributed by atoms with Gasteiger partial charge in [0.1, 0.15) is 0 Å². The van der Waals surface area contributed by atoms with Gasteiger partial charge in [-0.3, -0.25) is 0 Å². The van der Waals surface area contributed by atoms with Gasteiger partial charge in [0.2, 0.25) is 0 Å². The van der Waals surface area contributed by atoms with E-state index in [0.717, 1.165) is 11.1 Å². The summed E-state index contributed by atoms with van der Waals surface area (Å²) >= 11 is 0. The Balaban J connectivity index is 1.97. The van der Waals surface area contributed by atoms with E-state index in [2.05, 4.69) is 22.5 Å². The van der Waals surface area contributed by atoms with Crippen molar-refractivity contribution in [2.24, 2.45) is 0 Å². The lowest BCUT2D eigenvalue weighted by molar-refractivity contribution is 0.262. The molecule has 0 fully saturated rings. The Morgan fingerprint density at radius 1 is 0.750 bits per heavy atom. The van der Waals surface area contributed by atoms with Crippen molar-refractivity contribution < 1.29 is 4.79 Å². The van der Waals surface area contributed by atoms with Crippen LogP contribution < -0.4 is 10.6 Å². The van der Waals surface area contributed by atoms with E-state index < -0.39 is 0 Å². The second kappa shape index (κ2) is 6.13. The minimum absolute atomic E-state index is 0.327.